The first-order valence-corrected chi connectivity index (χ1v) is 14.4. The summed E-state index contributed by atoms with van der Waals surface area (Å²) in [5, 5.41) is 6.51. The topological polar surface area (TPSA) is 72.1 Å². The Hall–Kier alpha value is -0.600. The first-order chi connectivity index (χ1) is 16.8. The number of hydrogen-bond acceptors (Lipinski definition) is 6. The van der Waals surface area contributed by atoms with Crippen LogP contribution < -0.4 is 10.6 Å². The zero-order valence-electron chi connectivity index (χ0n) is 23.8. The van der Waals surface area contributed by atoms with E-state index in [4.69, 9.17) is 14.2 Å². The van der Waals surface area contributed by atoms with Crippen LogP contribution >= 0.6 is 12.4 Å². The number of halogens is 1. The number of alkyl carbamates (subject to hydrolysis) is 1. The van der Waals surface area contributed by atoms with Gasteiger partial charge in [-0.25, -0.2) is 4.79 Å². The van der Waals surface area contributed by atoms with Crippen LogP contribution in [-0.4, -0.2) is 81.8 Å². The van der Waals surface area contributed by atoms with Crippen LogP contribution in [0.25, 0.3) is 0 Å². The van der Waals surface area contributed by atoms with Crippen LogP contribution in [0.1, 0.15) is 86.0 Å². The van der Waals surface area contributed by atoms with Crippen molar-refractivity contribution in [2.24, 2.45) is 17.8 Å². The summed E-state index contributed by atoms with van der Waals surface area (Å²) < 4.78 is 16.4. The van der Waals surface area contributed by atoms with Crippen molar-refractivity contribution in [1.82, 2.24) is 15.5 Å². The van der Waals surface area contributed by atoms with Crippen molar-refractivity contribution in [2.75, 3.05) is 59.2 Å². The Bertz CT molecular complexity index is 569. The van der Waals surface area contributed by atoms with Crippen LogP contribution in [-0.2, 0) is 14.2 Å². The highest BCUT2D eigenvalue weighted by molar-refractivity contribution is 5.85. The lowest BCUT2D eigenvalue weighted by Crippen LogP contribution is -2.49. The van der Waals surface area contributed by atoms with E-state index in [1.807, 2.05) is 20.8 Å². The summed E-state index contributed by atoms with van der Waals surface area (Å²) in [7, 11) is 0. The molecule has 36 heavy (non-hydrogen) atoms. The van der Waals surface area contributed by atoms with Crippen molar-refractivity contribution in [3.05, 3.63) is 0 Å². The van der Waals surface area contributed by atoms with Gasteiger partial charge in [-0.15, -0.1) is 12.4 Å². The molecule has 1 saturated carbocycles. The molecule has 2 saturated heterocycles. The van der Waals surface area contributed by atoms with Crippen molar-refractivity contribution in [3.63, 3.8) is 0 Å². The summed E-state index contributed by atoms with van der Waals surface area (Å²) >= 11 is 0. The number of piperidine rings is 2. The van der Waals surface area contributed by atoms with Gasteiger partial charge in [0.1, 0.15) is 5.60 Å². The summed E-state index contributed by atoms with van der Waals surface area (Å²) in [6.45, 7) is 19.1. The number of carbonyl (C=O) groups excluding carboxylic acids is 1. The van der Waals surface area contributed by atoms with Crippen LogP contribution in [0.15, 0.2) is 0 Å². The molecule has 3 fully saturated rings. The molecular weight excluding hydrogens is 478 g/mol. The van der Waals surface area contributed by atoms with Crippen LogP contribution in [0.5, 0.6) is 0 Å². The highest BCUT2D eigenvalue weighted by Gasteiger charge is 2.31. The minimum absolute atomic E-state index is 0. The molecule has 7 nitrogen and oxygen atoms in total. The summed E-state index contributed by atoms with van der Waals surface area (Å²) in [5.41, 5.74) is -0.437. The molecule has 0 aromatic heterocycles. The van der Waals surface area contributed by atoms with Crippen LogP contribution in [0, 0.1) is 17.8 Å². The quantitative estimate of drug-likeness (QED) is 0.421. The molecule has 4 atom stereocenters. The highest BCUT2D eigenvalue weighted by Crippen LogP contribution is 2.27. The molecule has 2 aliphatic heterocycles. The highest BCUT2D eigenvalue weighted by atomic mass is 35.5. The minimum atomic E-state index is -0.437. The predicted octanol–water partition coefficient (Wildman–Crippen LogP) is 5.26. The van der Waals surface area contributed by atoms with Crippen molar-refractivity contribution in [1.29, 1.82) is 0 Å². The lowest BCUT2D eigenvalue weighted by molar-refractivity contribution is 0.0405. The number of rotatable bonds is 9. The fourth-order valence-electron chi connectivity index (χ4n) is 5.50. The van der Waals surface area contributed by atoms with Gasteiger partial charge in [-0.1, -0.05) is 12.8 Å². The van der Waals surface area contributed by atoms with E-state index >= 15 is 0 Å². The van der Waals surface area contributed by atoms with Gasteiger partial charge in [-0.2, -0.15) is 0 Å². The molecule has 8 heteroatoms. The molecular formula is C28H56ClN3O4. The molecule has 2 heterocycles. The molecule has 0 radical (unpaired) electrons. The number of nitrogens with zero attached hydrogens (tertiary/aromatic N) is 1. The Morgan fingerprint density at radius 1 is 0.944 bits per heavy atom. The maximum absolute atomic E-state index is 12.2. The van der Waals surface area contributed by atoms with E-state index in [-0.39, 0.29) is 24.5 Å². The zero-order chi connectivity index (χ0) is 25.5. The Morgan fingerprint density at radius 2 is 1.61 bits per heavy atom. The monoisotopic (exact) mass is 533 g/mol. The van der Waals surface area contributed by atoms with Crippen molar-refractivity contribution in [3.8, 4) is 0 Å². The number of likely N-dealkylation sites (tertiary alicyclic amines) is 1. The van der Waals surface area contributed by atoms with Crippen LogP contribution in [0.4, 0.5) is 4.79 Å². The summed E-state index contributed by atoms with van der Waals surface area (Å²) in [5.74, 6) is 1.97. The zero-order valence-corrected chi connectivity index (χ0v) is 24.6. The molecule has 0 spiro atoms. The van der Waals surface area contributed by atoms with Crippen molar-refractivity contribution < 1.29 is 19.0 Å². The number of carbonyl (C=O) groups is 1. The van der Waals surface area contributed by atoms with Crippen LogP contribution in [0.2, 0.25) is 0 Å². The SMILES string of the molecule is CCOCC1CCCN(C[C@@H]2CCCC[C@H]2NC(=O)OC(C)(C)C)C1.CCOCC1CCCNC1.Cl. The summed E-state index contributed by atoms with van der Waals surface area (Å²) in [6, 6.07) is 0.246. The Balaban J connectivity index is 0.000000495. The third kappa shape index (κ3) is 14.4. The molecule has 1 amide bonds. The van der Waals surface area contributed by atoms with Gasteiger partial charge in [0.15, 0.2) is 0 Å². The third-order valence-electron chi connectivity index (χ3n) is 7.22. The van der Waals surface area contributed by atoms with E-state index in [1.54, 1.807) is 0 Å². The average Bonchev–Trinajstić information content (AvgIpc) is 2.83. The van der Waals surface area contributed by atoms with E-state index in [0.29, 0.717) is 11.8 Å². The van der Waals surface area contributed by atoms with E-state index < -0.39 is 5.60 Å². The molecule has 1 aliphatic carbocycles. The smallest absolute Gasteiger partial charge is 0.407 e. The molecule has 3 aliphatic rings. The molecule has 0 aromatic carbocycles. The number of nitrogens with one attached hydrogen (secondary N) is 2. The van der Waals surface area contributed by atoms with E-state index in [0.717, 1.165) is 58.4 Å². The van der Waals surface area contributed by atoms with Gasteiger partial charge in [-0.05, 0) is 104 Å². The number of ether oxygens (including phenoxy) is 3. The fourth-order valence-corrected chi connectivity index (χ4v) is 5.50. The number of hydrogen-bond donors (Lipinski definition) is 2. The predicted molar refractivity (Wildman–Crippen MR) is 150 cm³/mol. The Kier molecular flexibility index (Phi) is 17.3. The van der Waals surface area contributed by atoms with Gasteiger partial charge in [0.2, 0.25) is 0 Å². The Labute approximate surface area is 227 Å². The molecule has 0 bridgehead atoms. The minimum Gasteiger partial charge on any atom is -0.444 e. The standard InChI is InChI=1S/C20H38N2O3.C8H17NO.ClH/c1-5-24-15-16-9-8-12-22(13-16)14-17-10-6-7-11-18(17)21-19(23)25-20(2,3)4;1-2-10-7-8-4-3-5-9-6-8;/h16-18H,5-15H2,1-4H3,(H,21,23);8-9H,2-7H2,1H3;1H/t16?,17-,18+;;/m0../s1. The average molecular weight is 534 g/mol. The van der Waals surface area contributed by atoms with E-state index in [2.05, 4.69) is 29.4 Å². The maximum atomic E-state index is 12.2. The van der Waals surface area contributed by atoms with Crippen molar-refractivity contribution in [2.45, 2.75) is 97.6 Å². The third-order valence-corrected chi connectivity index (χ3v) is 7.22. The molecule has 214 valence electrons. The van der Waals surface area contributed by atoms with Crippen LogP contribution in [0.3, 0.4) is 0 Å². The summed E-state index contributed by atoms with van der Waals surface area (Å²) in [6.07, 6.45) is 9.67. The van der Waals surface area contributed by atoms with Crippen molar-refractivity contribution >= 4 is 18.5 Å². The lowest BCUT2D eigenvalue weighted by Gasteiger charge is -2.39. The molecule has 2 unspecified atom stereocenters. The molecule has 3 rings (SSSR count). The van der Waals surface area contributed by atoms with Gasteiger partial charge in [-0.3, -0.25) is 0 Å². The second-order valence-electron chi connectivity index (χ2n) is 11.6. The van der Waals surface area contributed by atoms with Gasteiger partial charge in [0.25, 0.3) is 0 Å². The molecule has 0 aromatic rings. The maximum Gasteiger partial charge on any atom is 0.407 e. The second-order valence-corrected chi connectivity index (χ2v) is 11.6. The lowest BCUT2D eigenvalue weighted by atomic mass is 9.83. The first kappa shape index (κ1) is 33.4. The van der Waals surface area contributed by atoms with Gasteiger partial charge in [0, 0.05) is 38.9 Å². The second kappa shape index (κ2) is 18.6. The van der Waals surface area contributed by atoms with E-state index in [9.17, 15) is 4.79 Å². The number of amides is 1. The van der Waals surface area contributed by atoms with Gasteiger partial charge >= 0.3 is 6.09 Å². The fraction of sp³-hybridized carbons (Fsp3) is 0.964. The molecule has 2 N–H and O–H groups in total. The Morgan fingerprint density at radius 3 is 2.25 bits per heavy atom. The normalized spacial score (nSPS) is 27.2. The van der Waals surface area contributed by atoms with Gasteiger partial charge in [0.05, 0.1) is 13.2 Å². The summed E-state index contributed by atoms with van der Waals surface area (Å²) in [4.78, 5) is 14.8. The van der Waals surface area contributed by atoms with Gasteiger partial charge < -0.3 is 29.7 Å². The first-order valence-electron chi connectivity index (χ1n) is 14.4. The largest absolute Gasteiger partial charge is 0.444 e. The van der Waals surface area contributed by atoms with E-state index in [1.165, 1.54) is 58.0 Å².